The van der Waals surface area contributed by atoms with Gasteiger partial charge in [0.1, 0.15) is 11.5 Å². The third kappa shape index (κ3) is 17.4. The summed E-state index contributed by atoms with van der Waals surface area (Å²) >= 11 is 0. The van der Waals surface area contributed by atoms with Gasteiger partial charge in [-0.3, -0.25) is 4.74 Å². The van der Waals surface area contributed by atoms with Gasteiger partial charge < -0.3 is 9.47 Å². The molecule has 0 aromatic heterocycles. The number of nitrogens with zero attached hydrogens (tertiary/aromatic N) is 2. The molecule has 0 spiro atoms. The van der Waals surface area contributed by atoms with E-state index < -0.39 is 12.8 Å². The largest absolute Gasteiger partial charge is 0.451 e. The second-order valence-electron chi connectivity index (χ2n) is 12.5. The quantitative estimate of drug-likeness (QED) is 0.103. The zero-order chi connectivity index (χ0) is 29.4. The SMILES string of the molecule is CCCCCCCCCCCCCN(C)C1Oc2ccc(cc2)OC(N(C)CCCCCCCCCCCCC)O1. The van der Waals surface area contributed by atoms with Crippen LogP contribution in [0.5, 0.6) is 11.5 Å². The summed E-state index contributed by atoms with van der Waals surface area (Å²) in [6, 6.07) is 7.92. The van der Waals surface area contributed by atoms with E-state index >= 15 is 0 Å². The van der Waals surface area contributed by atoms with Crippen molar-refractivity contribution in [3.05, 3.63) is 24.3 Å². The molecule has 5 nitrogen and oxygen atoms in total. The summed E-state index contributed by atoms with van der Waals surface area (Å²) in [7, 11) is 4.21. The van der Waals surface area contributed by atoms with Gasteiger partial charge in [0.25, 0.3) is 12.8 Å². The summed E-state index contributed by atoms with van der Waals surface area (Å²) in [6.45, 7) is 6.48. The van der Waals surface area contributed by atoms with Crippen LogP contribution < -0.4 is 9.47 Å². The lowest BCUT2D eigenvalue weighted by atomic mass is 10.1. The van der Waals surface area contributed by atoms with E-state index in [2.05, 4.69) is 37.7 Å². The summed E-state index contributed by atoms with van der Waals surface area (Å²) in [6.07, 6.45) is 28.8. The highest BCUT2D eigenvalue weighted by Crippen LogP contribution is 2.25. The molecule has 0 radical (unpaired) electrons. The number of unbranched alkanes of at least 4 members (excludes halogenated alkanes) is 20. The first-order valence-corrected chi connectivity index (χ1v) is 17.6. The smallest absolute Gasteiger partial charge is 0.265 e. The van der Waals surface area contributed by atoms with Gasteiger partial charge in [-0.05, 0) is 51.2 Å². The number of hydrogen-bond donors (Lipinski definition) is 0. The fourth-order valence-corrected chi connectivity index (χ4v) is 5.63. The molecule has 0 fully saturated rings. The molecule has 0 saturated heterocycles. The number of hydrogen-bond acceptors (Lipinski definition) is 5. The van der Waals surface area contributed by atoms with Gasteiger partial charge in [0.05, 0.1) is 0 Å². The van der Waals surface area contributed by atoms with Crippen molar-refractivity contribution in [1.82, 2.24) is 9.80 Å². The van der Waals surface area contributed by atoms with Crippen LogP contribution in [-0.2, 0) is 4.74 Å². The van der Waals surface area contributed by atoms with Gasteiger partial charge in [-0.15, -0.1) is 0 Å². The van der Waals surface area contributed by atoms with Crippen molar-refractivity contribution in [2.75, 3.05) is 27.2 Å². The van der Waals surface area contributed by atoms with Gasteiger partial charge in [-0.2, -0.15) is 0 Å². The van der Waals surface area contributed by atoms with Crippen molar-refractivity contribution in [1.29, 1.82) is 0 Å². The lowest BCUT2D eigenvalue weighted by Gasteiger charge is -2.34. The van der Waals surface area contributed by atoms with Crippen LogP contribution >= 0.6 is 0 Å². The minimum absolute atomic E-state index is 0.468. The molecule has 1 aromatic carbocycles. The molecule has 2 bridgehead atoms. The second kappa shape index (κ2) is 24.2. The molecule has 2 unspecified atom stereocenters. The van der Waals surface area contributed by atoms with E-state index in [-0.39, 0.29) is 0 Å². The van der Waals surface area contributed by atoms with Gasteiger partial charge in [0, 0.05) is 13.1 Å². The maximum absolute atomic E-state index is 6.46. The number of ether oxygens (including phenoxy) is 3. The van der Waals surface area contributed by atoms with Crippen LogP contribution in [0.1, 0.15) is 155 Å². The van der Waals surface area contributed by atoms with E-state index in [1.54, 1.807) is 0 Å². The second-order valence-corrected chi connectivity index (χ2v) is 12.5. The van der Waals surface area contributed by atoms with Crippen molar-refractivity contribution in [3.8, 4) is 11.5 Å². The normalized spacial score (nSPS) is 16.9. The van der Waals surface area contributed by atoms with Crippen molar-refractivity contribution < 1.29 is 14.2 Å². The Morgan fingerprint density at radius 1 is 0.439 bits per heavy atom. The fourth-order valence-electron chi connectivity index (χ4n) is 5.63. The highest BCUT2D eigenvalue weighted by Gasteiger charge is 2.28. The molecule has 2 heterocycles. The fraction of sp³-hybridized carbons (Fsp3) is 0.833. The molecule has 0 saturated carbocycles. The Morgan fingerprint density at radius 3 is 1.00 bits per heavy atom. The van der Waals surface area contributed by atoms with Gasteiger partial charge in [0.2, 0.25) is 0 Å². The van der Waals surface area contributed by atoms with Gasteiger partial charge in [0.15, 0.2) is 0 Å². The van der Waals surface area contributed by atoms with Crippen LogP contribution in [0.4, 0.5) is 0 Å². The molecule has 2 atom stereocenters. The van der Waals surface area contributed by atoms with Crippen molar-refractivity contribution >= 4 is 0 Å². The molecular formula is C36H66N2O3. The lowest BCUT2D eigenvalue weighted by molar-refractivity contribution is -0.278. The molecule has 2 aliphatic rings. The molecule has 1 aromatic rings. The predicted molar refractivity (Wildman–Crippen MR) is 175 cm³/mol. The summed E-state index contributed by atoms with van der Waals surface area (Å²) in [4.78, 5) is 4.39. The molecule has 5 heteroatoms. The molecule has 41 heavy (non-hydrogen) atoms. The Kier molecular flexibility index (Phi) is 21.2. The maximum atomic E-state index is 6.46. The molecule has 0 amide bonds. The minimum Gasteiger partial charge on any atom is -0.451 e. The molecule has 3 rings (SSSR count). The zero-order valence-corrected chi connectivity index (χ0v) is 27.6. The molecule has 238 valence electrons. The third-order valence-electron chi connectivity index (χ3n) is 8.48. The molecule has 0 aliphatic carbocycles. The van der Waals surface area contributed by atoms with E-state index in [1.165, 1.54) is 128 Å². The van der Waals surface area contributed by atoms with Crippen molar-refractivity contribution in [2.45, 2.75) is 168 Å². The average Bonchev–Trinajstić information content (AvgIpc) is 3.13. The topological polar surface area (TPSA) is 34.2 Å². The van der Waals surface area contributed by atoms with Gasteiger partial charge in [-0.1, -0.05) is 142 Å². The first-order valence-electron chi connectivity index (χ1n) is 17.6. The van der Waals surface area contributed by atoms with Gasteiger partial charge >= 0.3 is 0 Å². The van der Waals surface area contributed by atoms with E-state index in [0.717, 1.165) is 37.4 Å². The third-order valence-corrected chi connectivity index (χ3v) is 8.48. The first-order chi connectivity index (χ1) is 20.1. The zero-order valence-electron chi connectivity index (χ0n) is 27.6. The Bertz CT molecular complexity index is 654. The molecule has 2 aliphatic heterocycles. The number of fused-ring (bicyclic) bond motifs is 6. The molecular weight excluding hydrogens is 508 g/mol. The van der Waals surface area contributed by atoms with Crippen LogP contribution in [0.15, 0.2) is 24.3 Å². The Balaban J connectivity index is 1.65. The molecule has 0 N–H and O–H groups in total. The summed E-state index contributed by atoms with van der Waals surface area (Å²) in [5.41, 5.74) is 0. The van der Waals surface area contributed by atoms with Gasteiger partial charge in [-0.25, -0.2) is 9.80 Å². The Labute approximate surface area is 254 Å². The summed E-state index contributed by atoms with van der Waals surface area (Å²) < 4.78 is 19.0. The monoisotopic (exact) mass is 575 g/mol. The number of benzene rings is 1. The summed E-state index contributed by atoms with van der Waals surface area (Å²) in [5, 5.41) is 0. The van der Waals surface area contributed by atoms with Crippen LogP contribution in [0.2, 0.25) is 0 Å². The van der Waals surface area contributed by atoms with E-state index in [4.69, 9.17) is 14.2 Å². The van der Waals surface area contributed by atoms with E-state index in [0.29, 0.717) is 0 Å². The first kappa shape index (κ1) is 35.9. The summed E-state index contributed by atoms with van der Waals surface area (Å²) in [5.74, 6) is 1.64. The van der Waals surface area contributed by atoms with Crippen LogP contribution in [-0.4, -0.2) is 49.8 Å². The van der Waals surface area contributed by atoms with Crippen LogP contribution in [0.3, 0.4) is 0 Å². The predicted octanol–water partition coefficient (Wildman–Crippen LogP) is 10.5. The highest BCUT2D eigenvalue weighted by atomic mass is 16.8. The lowest BCUT2D eigenvalue weighted by Crippen LogP contribution is -2.48. The van der Waals surface area contributed by atoms with Crippen molar-refractivity contribution in [3.63, 3.8) is 0 Å². The average molecular weight is 575 g/mol. The highest BCUT2D eigenvalue weighted by molar-refractivity contribution is 5.31. The number of rotatable bonds is 26. The Hall–Kier alpha value is -1.30. The maximum Gasteiger partial charge on any atom is 0.265 e. The van der Waals surface area contributed by atoms with E-state index in [9.17, 15) is 0 Å². The van der Waals surface area contributed by atoms with E-state index in [1.807, 2.05) is 24.3 Å². The van der Waals surface area contributed by atoms with Crippen LogP contribution in [0.25, 0.3) is 0 Å². The van der Waals surface area contributed by atoms with Crippen LogP contribution in [0, 0.1) is 0 Å². The van der Waals surface area contributed by atoms with Crippen molar-refractivity contribution in [2.24, 2.45) is 0 Å². The Morgan fingerprint density at radius 2 is 0.707 bits per heavy atom. The standard InChI is InChI=1S/C36H66N2O3/c1-5-7-9-11-13-15-17-19-21-23-25-31-37(3)35-39-33-27-29-34(30-28-33)40-36(41-35)38(4)32-26-24-22-20-18-16-14-12-10-8-6-2/h27-30,35-36H,5-26,31-32H2,1-4H3. The minimum atomic E-state index is -0.468.